The van der Waals surface area contributed by atoms with Crippen molar-refractivity contribution in [3.63, 3.8) is 0 Å². The molecule has 5 rings (SSSR count). The number of H-pyrrole nitrogens is 1. The maximum Gasteiger partial charge on any atom is 0.270 e. The molecule has 5 aromatic rings. The summed E-state index contributed by atoms with van der Waals surface area (Å²) in [5, 5.41) is 4.86. The van der Waals surface area contributed by atoms with Gasteiger partial charge in [0.2, 0.25) is 0 Å². The fourth-order valence-corrected chi connectivity index (χ4v) is 3.93. The Bertz CT molecular complexity index is 1460. The van der Waals surface area contributed by atoms with Crippen LogP contribution in [0.15, 0.2) is 73.1 Å². The van der Waals surface area contributed by atoms with Gasteiger partial charge in [-0.1, -0.05) is 24.3 Å². The first kappa shape index (κ1) is 20.5. The highest BCUT2D eigenvalue weighted by Gasteiger charge is 2.20. The number of ether oxygens (including phenoxy) is 2. The van der Waals surface area contributed by atoms with Gasteiger partial charge < -0.3 is 19.8 Å². The standard InChI is InChI=1S/C26H22N4O3/c1-32-17-9-10-23(33-2)20(12-17)25-24-19(18-7-3-4-8-21(18)29-24)13-22(30-25)26(31)28-15-16-6-5-11-27-14-16/h3-14,29H,15H2,1-2H3,(H,28,31). The molecule has 0 saturated carbocycles. The molecule has 1 amide bonds. The first-order chi connectivity index (χ1) is 16.2. The first-order valence-electron chi connectivity index (χ1n) is 10.5. The van der Waals surface area contributed by atoms with Gasteiger partial charge in [0.15, 0.2) is 0 Å². The van der Waals surface area contributed by atoms with Crippen LogP contribution in [-0.2, 0) is 6.54 Å². The number of aromatic amines is 1. The summed E-state index contributed by atoms with van der Waals surface area (Å²) in [7, 11) is 3.22. The Kier molecular flexibility index (Phi) is 5.36. The van der Waals surface area contributed by atoms with Gasteiger partial charge >= 0.3 is 0 Å². The maximum atomic E-state index is 13.1. The van der Waals surface area contributed by atoms with Crippen LogP contribution in [0.5, 0.6) is 11.5 Å². The SMILES string of the molecule is COc1ccc(OC)c(-c2nc(C(=O)NCc3cccnc3)cc3c2[nH]c2ccccc23)c1. The van der Waals surface area contributed by atoms with Crippen LogP contribution in [0.4, 0.5) is 0 Å². The minimum Gasteiger partial charge on any atom is -0.497 e. The van der Waals surface area contributed by atoms with E-state index in [4.69, 9.17) is 14.5 Å². The van der Waals surface area contributed by atoms with E-state index in [1.165, 1.54) is 0 Å². The Morgan fingerprint density at radius 3 is 2.67 bits per heavy atom. The fourth-order valence-electron chi connectivity index (χ4n) is 3.93. The fraction of sp³-hybridized carbons (Fsp3) is 0.115. The van der Waals surface area contributed by atoms with E-state index in [0.29, 0.717) is 29.4 Å². The van der Waals surface area contributed by atoms with Crippen LogP contribution in [0.25, 0.3) is 33.1 Å². The van der Waals surface area contributed by atoms with Crippen LogP contribution in [-0.4, -0.2) is 35.1 Å². The molecule has 0 aliphatic carbocycles. The molecule has 3 heterocycles. The van der Waals surface area contributed by atoms with Crippen molar-refractivity contribution in [2.24, 2.45) is 0 Å². The van der Waals surface area contributed by atoms with Crippen molar-refractivity contribution < 1.29 is 14.3 Å². The van der Waals surface area contributed by atoms with E-state index in [2.05, 4.69) is 15.3 Å². The Labute approximate surface area is 190 Å². The summed E-state index contributed by atoms with van der Waals surface area (Å²) in [6.07, 6.45) is 3.43. The summed E-state index contributed by atoms with van der Waals surface area (Å²) in [6, 6.07) is 19.1. The van der Waals surface area contributed by atoms with E-state index in [9.17, 15) is 4.79 Å². The largest absolute Gasteiger partial charge is 0.497 e. The second kappa shape index (κ2) is 8.63. The highest BCUT2D eigenvalue weighted by atomic mass is 16.5. The first-order valence-corrected chi connectivity index (χ1v) is 10.5. The third-order valence-electron chi connectivity index (χ3n) is 5.57. The Morgan fingerprint density at radius 1 is 1.00 bits per heavy atom. The average Bonchev–Trinajstić information content (AvgIpc) is 3.25. The number of nitrogens with one attached hydrogen (secondary N) is 2. The molecular formula is C26H22N4O3. The molecule has 0 spiro atoms. The second-order valence-electron chi connectivity index (χ2n) is 7.56. The normalized spacial score (nSPS) is 11.0. The van der Waals surface area contributed by atoms with Gasteiger partial charge in [0.25, 0.3) is 5.91 Å². The van der Waals surface area contributed by atoms with Gasteiger partial charge in [-0.15, -0.1) is 0 Å². The molecule has 0 aliphatic heterocycles. The minimum absolute atomic E-state index is 0.269. The zero-order valence-electron chi connectivity index (χ0n) is 18.3. The Morgan fingerprint density at radius 2 is 1.88 bits per heavy atom. The monoisotopic (exact) mass is 438 g/mol. The number of nitrogens with zero attached hydrogens (tertiary/aromatic N) is 2. The van der Waals surface area contributed by atoms with Crippen molar-refractivity contribution >= 4 is 27.7 Å². The third-order valence-corrected chi connectivity index (χ3v) is 5.57. The highest BCUT2D eigenvalue weighted by Crippen LogP contribution is 2.38. The summed E-state index contributed by atoms with van der Waals surface area (Å²) < 4.78 is 11.0. The number of carbonyl (C=O) groups excluding carboxylic acids is 1. The number of amides is 1. The lowest BCUT2D eigenvalue weighted by Crippen LogP contribution is -2.24. The quantitative estimate of drug-likeness (QED) is 0.400. The number of hydrogen-bond donors (Lipinski definition) is 2. The van der Waals surface area contributed by atoms with E-state index in [1.54, 1.807) is 26.6 Å². The number of para-hydroxylation sites is 1. The number of methoxy groups -OCH3 is 2. The summed E-state index contributed by atoms with van der Waals surface area (Å²) >= 11 is 0. The minimum atomic E-state index is -0.269. The van der Waals surface area contributed by atoms with Gasteiger partial charge in [0, 0.05) is 40.8 Å². The molecule has 0 aliphatic rings. The summed E-state index contributed by atoms with van der Waals surface area (Å²) in [4.78, 5) is 25.4. The topological polar surface area (TPSA) is 89.1 Å². The van der Waals surface area contributed by atoms with Crippen LogP contribution >= 0.6 is 0 Å². The molecular weight excluding hydrogens is 416 g/mol. The molecule has 3 aromatic heterocycles. The number of hydrogen-bond acceptors (Lipinski definition) is 5. The maximum absolute atomic E-state index is 13.1. The van der Waals surface area contributed by atoms with Crippen molar-refractivity contribution in [1.82, 2.24) is 20.3 Å². The molecule has 7 nitrogen and oxygen atoms in total. The van der Waals surface area contributed by atoms with Gasteiger partial charge in [0.05, 0.1) is 25.4 Å². The summed E-state index contributed by atoms with van der Waals surface area (Å²) in [5.41, 5.74) is 4.36. The zero-order chi connectivity index (χ0) is 22.8. The van der Waals surface area contributed by atoms with Crippen LogP contribution in [0.1, 0.15) is 16.1 Å². The molecule has 0 unspecified atom stereocenters. The lowest BCUT2D eigenvalue weighted by atomic mass is 10.0. The second-order valence-corrected chi connectivity index (χ2v) is 7.56. The predicted octanol–water partition coefficient (Wildman–Crippen LogP) is 4.73. The molecule has 0 fully saturated rings. The molecule has 2 aromatic carbocycles. The van der Waals surface area contributed by atoms with E-state index in [1.807, 2.05) is 60.7 Å². The highest BCUT2D eigenvalue weighted by molar-refractivity contribution is 6.13. The van der Waals surface area contributed by atoms with Crippen molar-refractivity contribution in [2.75, 3.05) is 14.2 Å². The van der Waals surface area contributed by atoms with Crippen molar-refractivity contribution in [3.8, 4) is 22.8 Å². The molecule has 7 heteroatoms. The van der Waals surface area contributed by atoms with Gasteiger partial charge in [-0.25, -0.2) is 4.98 Å². The molecule has 0 radical (unpaired) electrons. The smallest absolute Gasteiger partial charge is 0.270 e. The molecule has 0 atom stereocenters. The van der Waals surface area contributed by atoms with Crippen LogP contribution in [0, 0.1) is 0 Å². The van der Waals surface area contributed by atoms with Gasteiger partial charge in [-0.05, 0) is 42.0 Å². The van der Waals surface area contributed by atoms with E-state index >= 15 is 0 Å². The molecule has 164 valence electrons. The Balaban J connectivity index is 1.67. The van der Waals surface area contributed by atoms with Crippen molar-refractivity contribution in [3.05, 3.63) is 84.3 Å². The number of fused-ring (bicyclic) bond motifs is 3. The Hall–Kier alpha value is -4.39. The van der Waals surface area contributed by atoms with Crippen LogP contribution < -0.4 is 14.8 Å². The number of aromatic nitrogens is 3. The van der Waals surface area contributed by atoms with E-state index in [0.717, 1.165) is 32.9 Å². The average molecular weight is 438 g/mol. The zero-order valence-corrected chi connectivity index (χ0v) is 18.3. The summed E-state index contributed by atoms with van der Waals surface area (Å²) in [5.74, 6) is 1.04. The van der Waals surface area contributed by atoms with Gasteiger partial charge in [-0.3, -0.25) is 9.78 Å². The summed E-state index contributed by atoms with van der Waals surface area (Å²) in [6.45, 7) is 0.359. The number of rotatable bonds is 6. The van der Waals surface area contributed by atoms with E-state index < -0.39 is 0 Å². The molecule has 0 bridgehead atoms. The lowest BCUT2D eigenvalue weighted by molar-refractivity contribution is 0.0946. The van der Waals surface area contributed by atoms with Crippen LogP contribution in [0.2, 0.25) is 0 Å². The predicted molar refractivity (Wildman–Crippen MR) is 128 cm³/mol. The lowest BCUT2D eigenvalue weighted by Gasteiger charge is -2.13. The van der Waals surface area contributed by atoms with Crippen molar-refractivity contribution in [2.45, 2.75) is 6.54 Å². The van der Waals surface area contributed by atoms with E-state index in [-0.39, 0.29) is 5.91 Å². The number of benzene rings is 2. The molecule has 33 heavy (non-hydrogen) atoms. The third kappa shape index (κ3) is 3.85. The number of carbonyl (C=O) groups is 1. The number of pyridine rings is 2. The van der Waals surface area contributed by atoms with Crippen LogP contribution in [0.3, 0.4) is 0 Å². The van der Waals surface area contributed by atoms with Gasteiger partial charge in [-0.2, -0.15) is 0 Å². The molecule has 0 saturated heterocycles. The van der Waals surface area contributed by atoms with Crippen molar-refractivity contribution in [1.29, 1.82) is 0 Å². The molecule has 2 N–H and O–H groups in total. The van der Waals surface area contributed by atoms with Gasteiger partial charge in [0.1, 0.15) is 17.2 Å².